The molecule has 1 unspecified atom stereocenters. The van der Waals surface area contributed by atoms with Gasteiger partial charge in [-0.1, -0.05) is 18.2 Å². The number of anilines is 1. The molecule has 8 heteroatoms. The number of hydrogen-bond acceptors (Lipinski definition) is 5. The van der Waals surface area contributed by atoms with Gasteiger partial charge in [0.15, 0.2) is 5.69 Å². The second-order valence-corrected chi connectivity index (χ2v) is 7.41. The van der Waals surface area contributed by atoms with Crippen LogP contribution in [0, 0.1) is 11.8 Å². The van der Waals surface area contributed by atoms with Gasteiger partial charge in [-0.3, -0.25) is 0 Å². The minimum absolute atomic E-state index is 0.0858. The number of alkyl halides is 3. The molecule has 0 spiro atoms. The minimum Gasteiger partial charge on any atom is -0.464 e. The number of fused-ring (bicyclic) bond motifs is 1. The zero-order valence-corrected chi connectivity index (χ0v) is 15.3. The molecule has 0 radical (unpaired) electrons. The third-order valence-electron chi connectivity index (χ3n) is 5.78. The van der Waals surface area contributed by atoms with Crippen molar-refractivity contribution in [1.29, 1.82) is 0 Å². The summed E-state index contributed by atoms with van der Waals surface area (Å²) in [6.45, 7) is 1.36. The number of ether oxygens (including phenoxy) is 1. The van der Waals surface area contributed by atoms with Crippen LogP contribution in [-0.4, -0.2) is 36.1 Å². The summed E-state index contributed by atoms with van der Waals surface area (Å²) < 4.78 is 44.7. The summed E-state index contributed by atoms with van der Waals surface area (Å²) in [5.74, 6) is 0.432. The van der Waals surface area contributed by atoms with Crippen LogP contribution in [0.2, 0.25) is 0 Å². The number of halogens is 3. The van der Waals surface area contributed by atoms with Crippen molar-refractivity contribution in [2.45, 2.75) is 24.9 Å². The van der Waals surface area contributed by atoms with E-state index in [1.165, 1.54) is 31.5 Å². The molecule has 0 amide bonds. The highest BCUT2D eigenvalue weighted by Gasteiger charge is 2.44. The third kappa shape index (κ3) is 3.43. The van der Waals surface area contributed by atoms with Crippen LogP contribution >= 0.6 is 0 Å². The Morgan fingerprint density at radius 1 is 1.14 bits per heavy atom. The molecule has 148 valence electrons. The number of methoxy groups -OCH3 is 1. The highest BCUT2D eigenvalue weighted by Crippen LogP contribution is 2.49. The Kier molecular flexibility index (Phi) is 4.72. The van der Waals surface area contributed by atoms with Crippen molar-refractivity contribution >= 4 is 11.9 Å². The zero-order valence-electron chi connectivity index (χ0n) is 15.3. The third-order valence-corrected chi connectivity index (χ3v) is 5.78. The second-order valence-electron chi connectivity index (χ2n) is 7.41. The van der Waals surface area contributed by atoms with Crippen LogP contribution in [0.5, 0.6) is 0 Å². The first-order valence-electron chi connectivity index (χ1n) is 9.19. The van der Waals surface area contributed by atoms with E-state index >= 15 is 0 Å². The Morgan fingerprint density at radius 2 is 1.82 bits per heavy atom. The zero-order chi connectivity index (χ0) is 19.9. The average Bonchev–Trinajstić information content (AvgIpc) is 3.26. The van der Waals surface area contributed by atoms with Crippen LogP contribution < -0.4 is 4.90 Å². The molecule has 1 aliphatic carbocycles. The maximum absolute atomic E-state index is 13.3. The number of benzene rings is 1. The molecule has 4 rings (SSSR count). The van der Waals surface area contributed by atoms with E-state index < -0.39 is 17.7 Å². The molecule has 5 nitrogen and oxygen atoms in total. The molecule has 1 aromatic heterocycles. The van der Waals surface area contributed by atoms with Gasteiger partial charge in [0.2, 0.25) is 5.95 Å². The normalized spacial score (nSPS) is 24.3. The Morgan fingerprint density at radius 3 is 2.46 bits per heavy atom. The van der Waals surface area contributed by atoms with Gasteiger partial charge in [0.25, 0.3) is 0 Å². The maximum atomic E-state index is 13.3. The fraction of sp³-hybridized carbons (Fsp3) is 0.450. The predicted molar refractivity (Wildman–Crippen MR) is 96.0 cm³/mol. The average molecular weight is 391 g/mol. The van der Waals surface area contributed by atoms with Gasteiger partial charge in [-0.05, 0) is 48.3 Å². The molecule has 2 heterocycles. The number of esters is 1. The van der Waals surface area contributed by atoms with Crippen LogP contribution in [0.1, 0.15) is 40.4 Å². The smallest absolute Gasteiger partial charge is 0.416 e. The van der Waals surface area contributed by atoms with E-state index in [-0.39, 0.29) is 23.4 Å². The molecular formula is C20H20F3N3O2. The highest BCUT2D eigenvalue weighted by atomic mass is 19.4. The van der Waals surface area contributed by atoms with Crippen molar-refractivity contribution in [1.82, 2.24) is 9.97 Å². The highest BCUT2D eigenvalue weighted by molar-refractivity contribution is 5.87. The first kappa shape index (κ1) is 18.7. The van der Waals surface area contributed by atoms with Gasteiger partial charge >= 0.3 is 12.1 Å². The predicted octanol–water partition coefficient (Wildman–Crippen LogP) is 3.91. The fourth-order valence-corrected chi connectivity index (χ4v) is 4.55. The molecule has 2 aliphatic rings. The van der Waals surface area contributed by atoms with Crippen LogP contribution in [0.3, 0.4) is 0 Å². The van der Waals surface area contributed by atoms with Crippen LogP contribution in [-0.2, 0) is 10.9 Å². The standard InChI is InChI=1S/C20H20F3N3O2/c1-28-18(27)17-6-7-24-19(25-17)26-10-13-8-12(9-14(13)11-26)15-4-2-3-5-16(15)20(21,22)23/h2-7,12-14H,8-11H2,1H3/t12?,13-,14+. The largest absolute Gasteiger partial charge is 0.464 e. The fourth-order valence-electron chi connectivity index (χ4n) is 4.55. The maximum Gasteiger partial charge on any atom is 0.416 e. The van der Waals surface area contributed by atoms with Gasteiger partial charge < -0.3 is 9.64 Å². The number of rotatable bonds is 3. The van der Waals surface area contributed by atoms with Crippen molar-refractivity contribution in [3.8, 4) is 0 Å². The number of carbonyl (C=O) groups is 1. The monoisotopic (exact) mass is 391 g/mol. The van der Waals surface area contributed by atoms with E-state index in [9.17, 15) is 18.0 Å². The number of nitrogens with zero attached hydrogens (tertiary/aromatic N) is 3. The first-order chi connectivity index (χ1) is 13.4. The van der Waals surface area contributed by atoms with E-state index in [0.29, 0.717) is 37.4 Å². The molecule has 1 aromatic carbocycles. The van der Waals surface area contributed by atoms with Crippen LogP contribution in [0.25, 0.3) is 0 Å². The van der Waals surface area contributed by atoms with E-state index in [0.717, 1.165) is 0 Å². The summed E-state index contributed by atoms with van der Waals surface area (Å²) in [4.78, 5) is 22.2. The van der Waals surface area contributed by atoms with Gasteiger partial charge in [0.05, 0.1) is 12.7 Å². The summed E-state index contributed by atoms with van der Waals surface area (Å²) in [6.07, 6.45) is -1.39. The first-order valence-corrected chi connectivity index (χ1v) is 9.19. The van der Waals surface area contributed by atoms with Gasteiger partial charge in [-0.2, -0.15) is 13.2 Å². The lowest BCUT2D eigenvalue weighted by molar-refractivity contribution is -0.138. The Labute approximate surface area is 160 Å². The summed E-state index contributed by atoms with van der Waals surface area (Å²) >= 11 is 0. The Balaban J connectivity index is 1.48. The SMILES string of the molecule is COC(=O)c1ccnc(N2C[C@H]3CC(c4ccccc4C(F)(F)F)C[C@H]3C2)n1. The molecule has 0 bridgehead atoms. The lowest BCUT2D eigenvalue weighted by Crippen LogP contribution is -2.24. The summed E-state index contributed by atoms with van der Waals surface area (Å²) in [5, 5.41) is 0. The Bertz CT molecular complexity index is 873. The molecule has 3 atom stereocenters. The van der Waals surface area contributed by atoms with Crippen molar-refractivity contribution in [3.63, 3.8) is 0 Å². The van der Waals surface area contributed by atoms with Crippen LogP contribution in [0.15, 0.2) is 36.5 Å². The van der Waals surface area contributed by atoms with Gasteiger partial charge in [0, 0.05) is 19.3 Å². The quantitative estimate of drug-likeness (QED) is 0.743. The van der Waals surface area contributed by atoms with E-state index in [1.54, 1.807) is 12.1 Å². The molecule has 2 fully saturated rings. The van der Waals surface area contributed by atoms with Gasteiger partial charge in [-0.15, -0.1) is 0 Å². The van der Waals surface area contributed by atoms with Crippen LogP contribution in [0.4, 0.5) is 19.1 Å². The second kappa shape index (κ2) is 7.07. The number of aromatic nitrogens is 2. The topological polar surface area (TPSA) is 55.3 Å². The molecule has 1 saturated heterocycles. The Hall–Kier alpha value is -2.64. The van der Waals surface area contributed by atoms with E-state index in [4.69, 9.17) is 4.74 Å². The number of hydrogen-bond donors (Lipinski definition) is 0. The number of carbonyl (C=O) groups excluding carboxylic acids is 1. The van der Waals surface area contributed by atoms with E-state index in [1.807, 2.05) is 4.90 Å². The van der Waals surface area contributed by atoms with Crippen molar-refractivity contribution < 1.29 is 22.7 Å². The molecule has 1 aliphatic heterocycles. The lowest BCUT2D eigenvalue weighted by Gasteiger charge is -2.21. The summed E-state index contributed by atoms with van der Waals surface area (Å²) in [7, 11) is 1.29. The molecule has 2 aromatic rings. The lowest BCUT2D eigenvalue weighted by atomic mass is 9.91. The van der Waals surface area contributed by atoms with Gasteiger partial charge in [0.1, 0.15) is 0 Å². The summed E-state index contributed by atoms with van der Waals surface area (Å²) in [5.41, 5.74) is 0.0763. The molecule has 1 saturated carbocycles. The van der Waals surface area contributed by atoms with Crippen molar-refractivity contribution in [2.75, 3.05) is 25.1 Å². The molecule has 28 heavy (non-hydrogen) atoms. The summed E-state index contributed by atoms with van der Waals surface area (Å²) in [6, 6.07) is 7.39. The molecular weight excluding hydrogens is 371 g/mol. The van der Waals surface area contributed by atoms with Crippen molar-refractivity contribution in [2.24, 2.45) is 11.8 Å². The molecule has 0 N–H and O–H groups in total. The van der Waals surface area contributed by atoms with E-state index in [2.05, 4.69) is 9.97 Å². The van der Waals surface area contributed by atoms with Crippen molar-refractivity contribution in [3.05, 3.63) is 53.3 Å². The van der Waals surface area contributed by atoms with Gasteiger partial charge in [-0.25, -0.2) is 14.8 Å². The minimum atomic E-state index is -4.33.